The summed E-state index contributed by atoms with van der Waals surface area (Å²) in [5.74, 6) is 0.973. The van der Waals surface area contributed by atoms with Crippen LogP contribution in [0.15, 0.2) is 18.5 Å². The Hall–Kier alpha value is -2.23. The molecule has 0 aliphatic carbocycles. The summed E-state index contributed by atoms with van der Waals surface area (Å²) in [6, 6.07) is 1.65. The van der Waals surface area contributed by atoms with Crippen LogP contribution in [0.4, 0.5) is 11.8 Å². The monoisotopic (exact) mass is 347 g/mol. The van der Waals surface area contributed by atoms with Crippen molar-refractivity contribution in [1.29, 1.82) is 0 Å². The third-order valence-corrected chi connectivity index (χ3v) is 4.30. The van der Waals surface area contributed by atoms with Gasteiger partial charge >= 0.3 is 0 Å². The molecule has 3 rings (SSSR count). The summed E-state index contributed by atoms with van der Waals surface area (Å²) in [6.45, 7) is 5.77. The molecule has 1 aliphatic rings. The smallest absolute Gasteiger partial charge is 0.227 e. The summed E-state index contributed by atoms with van der Waals surface area (Å²) in [5, 5.41) is 23.8. The number of aliphatic hydroxyl groups excluding tert-OH is 2. The van der Waals surface area contributed by atoms with E-state index < -0.39 is 6.10 Å². The first kappa shape index (κ1) is 17.6. The number of aryl methyl sites for hydroxylation is 1. The van der Waals surface area contributed by atoms with Gasteiger partial charge in [-0.25, -0.2) is 4.98 Å². The quantitative estimate of drug-likeness (QED) is 0.646. The minimum Gasteiger partial charge on any atom is -0.394 e. The van der Waals surface area contributed by atoms with Crippen molar-refractivity contribution in [3.8, 4) is 0 Å². The molecule has 0 bridgehead atoms. The maximum Gasteiger partial charge on any atom is 0.227 e. The molecule has 1 aliphatic heterocycles. The summed E-state index contributed by atoms with van der Waals surface area (Å²) in [6.07, 6.45) is 3.09. The predicted octanol–water partition coefficient (Wildman–Crippen LogP) is -0.761. The Kier molecular flexibility index (Phi) is 5.47. The summed E-state index contributed by atoms with van der Waals surface area (Å²) in [7, 11) is 0. The summed E-state index contributed by atoms with van der Waals surface area (Å²) < 4.78 is 1.76. The lowest BCUT2D eigenvalue weighted by molar-refractivity contribution is 0.129. The largest absolute Gasteiger partial charge is 0.394 e. The Morgan fingerprint density at radius 3 is 2.92 bits per heavy atom. The molecule has 9 heteroatoms. The van der Waals surface area contributed by atoms with Gasteiger partial charge in [-0.2, -0.15) is 10.1 Å². The number of rotatable bonds is 5. The zero-order chi connectivity index (χ0) is 17.8. The molecule has 1 saturated heterocycles. The average molecular weight is 347 g/mol. The van der Waals surface area contributed by atoms with Crippen molar-refractivity contribution in [2.24, 2.45) is 0 Å². The molecule has 4 N–H and O–H groups in total. The van der Waals surface area contributed by atoms with Crippen molar-refractivity contribution in [2.75, 3.05) is 43.4 Å². The van der Waals surface area contributed by atoms with E-state index in [-0.39, 0.29) is 6.61 Å². The molecule has 0 amide bonds. The minimum absolute atomic E-state index is 0.0676. The number of β-amino-alcohol motifs (C(OH)–C–C–N with tert-alkyl or cyclic N) is 1. The molecule has 0 unspecified atom stereocenters. The maximum atomic E-state index is 10.4. The molecule has 0 spiro atoms. The first-order valence-electron chi connectivity index (χ1n) is 8.43. The van der Waals surface area contributed by atoms with Gasteiger partial charge in [-0.15, -0.1) is 0 Å². The number of anilines is 2. The molecule has 0 aromatic carbocycles. The fraction of sp³-hybridized carbons (Fsp3) is 0.562. The van der Waals surface area contributed by atoms with Crippen molar-refractivity contribution in [2.45, 2.75) is 26.1 Å². The van der Waals surface area contributed by atoms with Crippen LogP contribution in [0.1, 0.15) is 11.3 Å². The van der Waals surface area contributed by atoms with Crippen LogP contribution in [0.5, 0.6) is 0 Å². The van der Waals surface area contributed by atoms with E-state index in [1.807, 2.05) is 18.0 Å². The van der Waals surface area contributed by atoms with Gasteiger partial charge in [0.05, 0.1) is 24.9 Å². The van der Waals surface area contributed by atoms with Crippen molar-refractivity contribution < 1.29 is 10.2 Å². The van der Waals surface area contributed by atoms with E-state index in [1.54, 1.807) is 16.9 Å². The van der Waals surface area contributed by atoms with Crippen molar-refractivity contribution in [1.82, 2.24) is 24.6 Å². The van der Waals surface area contributed by atoms with Crippen molar-refractivity contribution >= 4 is 11.8 Å². The average Bonchev–Trinajstić information content (AvgIpc) is 2.79. The van der Waals surface area contributed by atoms with Gasteiger partial charge in [0, 0.05) is 50.7 Å². The normalized spacial score (nSPS) is 19.2. The zero-order valence-corrected chi connectivity index (χ0v) is 14.4. The summed E-state index contributed by atoms with van der Waals surface area (Å²) >= 11 is 0. The van der Waals surface area contributed by atoms with Crippen LogP contribution >= 0.6 is 0 Å². The van der Waals surface area contributed by atoms with E-state index in [1.165, 1.54) is 0 Å². The Labute approximate surface area is 146 Å². The Morgan fingerprint density at radius 1 is 1.32 bits per heavy atom. The molecule has 2 aromatic rings. The highest BCUT2D eigenvalue weighted by Gasteiger charge is 2.23. The number of hydrogen-bond donors (Lipinski definition) is 3. The molecular weight excluding hydrogens is 322 g/mol. The van der Waals surface area contributed by atoms with Crippen LogP contribution in [-0.2, 0) is 13.1 Å². The fourth-order valence-electron chi connectivity index (χ4n) is 3.07. The highest BCUT2D eigenvalue weighted by Crippen LogP contribution is 2.15. The topological polar surface area (TPSA) is 117 Å². The van der Waals surface area contributed by atoms with Gasteiger partial charge < -0.3 is 20.8 Å². The lowest BCUT2D eigenvalue weighted by atomic mass is 10.2. The molecule has 0 saturated carbocycles. The standard InChI is InChI=1S/C16H25N7O2/c1-12-13(9-23(20-12)6-7-24)8-21-4-5-22(11-14(25)10-21)16-18-3-2-15(17)19-16/h2-3,9,14,24-25H,4-8,10-11H2,1H3,(H2,17,18,19)/t14-/m1/s1. The number of aliphatic hydroxyl groups is 2. The van der Waals surface area contributed by atoms with Crippen LogP contribution < -0.4 is 10.6 Å². The van der Waals surface area contributed by atoms with E-state index in [0.717, 1.165) is 17.8 Å². The molecule has 3 heterocycles. The molecule has 136 valence electrons. The number of nitrogens with zero attached hydrogens (tertiary/aromatic N) is 6. The van der Waals surface area contributed by atoms with Crippen LogP contribution in [0, 0.1) is 6.92 Å². The molecule has 0 radical (unpaired) electrons. The second-order valence-electron chi connectivity index (χ2n) is 6.34. The predicted molar refractivity (Wildman–Crippen MR) is 94.0 cm³/mol. The van der Waals surface area contributed by atoms with Crippen LogP contribution in [-0.4, -0.2) is 73.8 Å². The second-order valence-corrected chi connectivity index (χ2v) is 6.34. The van der Waals surface area contributed by atoms with Gasteiger partial charge in [0.1, 0.15) is 5.82 Å². The van der Waals surface area contributed by atoms with Gasteiger partial charge in [0.15, 0.2) is 0 Å². The van der Waals surface area contributed by atoms with Crippen LogP contribution in [0.2, 0.25) is 0 Å². The van der Waals surface area contributed by atoms with Gasteiger partial charge in [0.25, 0.3) is 0 Å². The lowest BCUT2D eigenvalue weighted by Gasteiger charge is -2.21. The highest BCUT2D eigenvalue weighted by atomic mass is 16.3. The zero-order valence-electron chi connectivity index (χ0n) is 14.4. The van der Waals surface area contributed by atoms with Crippen molar-refractivity contribution in [3.05, 3.63) is 29.7 Å². The Morgan fingerprint density at radius 2 is 2.16 bits per heavy atom. The number of nitrogens with two attached hydrogens (primary N) is 1. The Bertz CT molecular complexity index is 706. The summed E-state index contributed by atoms with van der Waals surface area (Å²) in [5.41, 5.74) is 7.79. The van der Waals surface area contributed by atoms with Gasteiger partial charge in [-0.1, -0.05) is 0 Å². The molecule has 9 nitrogen and oxygen atoms in total. The number of hydrogen-bond acceptors (Lipinski definition) is 8. The number of nitrogen functional groups attached to an aromatic ring is 1. The van der Waals surface area contributed by atoms with E-state index in [9.17, 15) is 5.11 Å². The molecule has 25 heavy (non-hydrogen) atoms. The fourth-order valence-corrected chi connectivity index (χ4v) is 3.07. The third kappa shape index (κ3) is 4.44. The molecule has 1 atom stereocenters. The molecular formula is C16H25N7O2. The first-order valence-corrected chi connectivity index (χ1v) is 8.43. The van der Waals surface area contributed by atoms with Gasteiger partial charge in [-0.3, -0.25) is 9.58 Å². The van der Waals surface area contributed by atoms with Crippen molar-refractivity contribution in [3.63, 3.8) is 0 Å². The minimum atomic E-state index is -0.500. The van der Waals surface area contributed by atoms with Crippen LogP contribution in [0.25, 0.3) is 0 Å². The third-order valence-electron chi connectivity index (χ3n) is 4.30. The van der Waals surface area contributed by atoms with E-state index >= 15 is 0 Å². The highest BCUT2D eigenvalue weighted by molar-refractivity contribution is 5.38. The van der Waals surface area contributed by atoms with Gasteiger partial charge in [0.2, 0.25) is 5.95 Å². The number of aromatic nitrogens is 4. The first-order chi connectivity index (χ1) is 12.0. The van der Waals surface area contributed by atoms with Crippen LogP contribution in [0.3, 0.4) is 0 Å². The molecule has 1 fully saturated rings. The molecule has 2 aromatic heterocycles. The van der Waals surface area contributed by atoms with Gasteiger partial charge in [-0.05, 0) is 13.0 Å². The van der Waals surface area contributed by atoms with E-state index in [4.69, 9.17) is 10.8 Å². The Balaban J connectivity index is 1.67. The van der Waals surface area contributed by atoms with E-state index in [2.05, 4.69) is 20.0 Å². The maximum absolute atomic E-state index is 10.4. The SMILES string of the molecule is Cc1nn(CCO)cc1CN1CCN(c2nccc(N)n2)C[C@H](O)C1. The lowest BCUT2D eigenvalue weighted by Crippen LogP contribution is -2.34. The summed E-state index contributed by atoms with van der Waals surface area (Å²) in [4.78, 5) is 12.7. The second kappa shape index (κ2) is 7.77. The van der Waals surface area contributed by atoms with E-state index in [0.29, 0.717) is 44.5 Å².